The van der Waals surface area contributed by atoms with Crippen molar-refractivity contribution in [2.75, 3.05) is 51.8 Å². The number of anilines is 1. The van der Waals surface area contributed by atoms with Gasteiger partial charge in [-0.1, -0.05) is 12.1 Å². The molecule has 6 nitrogen and oxygen atoms in total. The smallest absolute Gasteiger partial charge is 0.142 e. The Morgan fingerprint density at radius 1 is 1.04 bits per heavy atom. The molecule has 1 aliphatic heterocycles. The number of nitrogens with one attached hydrogen (secondary N) is 1. The number of ether oxygens (including phenoxy) is 2. The van der Waals surface area contributed by atoms with Crippen molar-refractivity contribution in [3.63, 3.8) is 0 Å². The molecule has 2 aromatic carbocycles. The summed E-state index contributed by atoms with van der Waals surface area (Å²) in [7, 11) is 3.37. The molecule has 2 heterocycles. The topological polar surface area (TPSA) is 61.0 Å². The standard InChI is InChI=1S/C22H27N3O3/c1-27-16-7-8-19-17(13-16)18(14-23-19)21(26)15-24-9-11-25(12-10-24)20-5-3-4-6-22(20)28-2/h3-8,13-14,21,23,26H,9-12,15H2,1-2H3/t21-/m1/s1. The molecule has 6 heteroatoms. The maximum absolute atomic E-state index is 10.9. The predicted octanol–water partition coefficient (Wildman–Crippen LogP) is 3.04. The van der Waals surface area contributed by atoms with E-state index in [4.69, 9.17) is 9.47 Å². The monoisotopic (exact) mass is 381 g/mol. The number of benzene rings is 2. The molecule has 1 aliphatic rings. The zero-order valence-corrected chi connectivity index (χ0v) is 16.4. The number of aromatic nitrogens is 1. The molecule has 2 N–H and O–H groups in total. The summed E-state index contributed by atoms with van der Waals surface area (Å²) in [6.07, 6.45) is 1.36. The van der Waals surface area contributed by atoms with Crippen LogP contribution in [0.25, 0.3) is 10.9 Å². The lowest BCUT2D eigenvalue weighted by atomic mass is 10.1. The summed E-state index contributed by atoms with van der Waals surface area (Å²) in [6.45, 7) is 4.25. The molecule has 1 fully saturated rings. The van der Waals surface area contributed by atoms with E-state index in [1.54, 1.807) is 14.2 Å². The summed E-state index contributed by atoms with van der Waals surface area (Å²) in [4.78, 5) is 7.90. The van der Waals surface area contributed by atoms with Gasteiger partial charge in [0.05, 0.1) is 26.0 Å². The van der Waals surface area contributed by atoms with Crippen LogP contribution in [0.15, 0.2) is 48.7 Å². The van der Waals surface area contributed by atoms with Gasteiger partial charge in [0.15, 0.2) is 0 Å². The van der Waals surface area contributed by atoms with Crippen molar-refractivity contribution in [1.82, 2.24) is 9.88 Å². The van der Waals surface area contributed by atoms with Crippen molar-refractivity contribution < 1.29 is 14.6 Å². The summed E-state index contributed by atoms with van der Waals surface area (Å²) in [5.74, 6) is 1.70. The van der Waals surface area contributed by atoms with Crippen LogP contribution in [0.1, 0.15) is 11.7 Å². The number of aromatic amines is 1. The average molecular weight is 381 g/mol. The Hall–Kier alpha value is -2.70. The first-order valence-corrected chi connectivity index (χ1v) is 9.63. The van der Waals surface area contributed by atoms with Crippen LogP contribution in [0.3, 0.4) is 0 Å². The lowest BCUT2D eigenvalue weighted by Gasteiger charge is -2.37. The first kappa shape index (κ1) is 18.7. The molecule has 0 saturated carbocycles. The summed E-state index contributed by atoms with van der Waals surface area (Å²) < 4.78 is 10.8. The molecule has 0 aliphatic carbocycles. The van der Waals surface area contributed by atoms with E-state index < -0.39 is 6.10 Å². The molecule has 0 spiro atoms. The number of rotatable bonds is 6. The van der Waals surface area contributed by atoms with E-state index in [9.17, 15) is 5.11 Å². The van der Waals surface area contributed by atoms with E-state index >= 15 is 0 Å². The minimum absolute atomic E-state index is 0.543. The van der Waals surface area contributed by atoms with Gasteiger partial charge in [-0.25, -0.2) is 0 Å². The summed E-state index contributed by atoms with van der Waals surface area (Å²) >= 11 is 0. The van der Waals surface area contributed by atoms with Crippen LogP contribution in [0, 0.1) is 0 Å². The minimum atomic E-state index is -0.543. The third-order valence-electron chi connectivity index (χ3n) is 5.51. The van der Waals surface area contributed by atoms with Crippen LogP contribution in [-0.4, -0.2) is 61.9 Å². The second kappa shape index (κ2) is 8.12. The zero-order chi connectivity index (χ0) is 19.5. The van der Waals surface area contributed by atoms with Gasteiger partial charge < -0.3 is 24.5 Å². The van der Waals surface area contributed by atoms with Crippen LogP contribution >= 0.6 is 0 Å². The molecule has 0 amide bonds. The van der Waals surface area contributed by atoms with Crippen molar-refractivity contribution in [2.24, 2.45) is 0 Å². The highest BCUT2D eigenvalue weighted by molar-refractivity contribution is 5.85. The van der Waals surface area contributed by atoms with Gasteiger partial charge in [0.1, 0.15) is 11.5 Å². The third kappa shape index (κ3) is 3.66. The Bertz CT molecular complexity index is 932. The number of H-pyrrole nitrogens is 1. The molecule has 0 radical (unpaired) electrons. The molecule has 0 unspecified atom stereocenters. The number of β-amino-alcohol motifs (C(OH)–C–C–N with tert-alkyl or cyclic N) is 1. The summed E-state index contributed by atoms with van der Waals surface area (Å²) in [5, 5.41) is 11.9. The van der Waals surface area contributed by atoms with Crippen LogP contribution in [0.2, 0.25) is 0 Å². The Kier molecular flexibility index (Phi) is 5.41. The van der Waals surface area contributed by atoms with E-state index in [0.717, 1.165) is 59.8 Å². The van der Waals surface area contributed by atoms with E-state index in [0.29, 0.717) is 6.54 Å². The summed E-state index contributed by atoms with van der Waals surface area (Å²) in [5.41, 5.74) is 3.06. The number of piperazine rings is 1. The van der Waals surface area contributed by atoms with Gasteiger partial charge in [-0.3, -0.25) is 4.90 Å². The highest BCUT2D eigenvalue weighted by Crippen LogP contribution is 2.30. The van der Waals surface area contributed by atoms with Gasteiger partial charge in [-0.05, 0) is 30.3 Å². The van der Waals surface area contributed by atoms with E-state index in [-0.39, 0.29) is 0 Å². The normalized spacial score (nSPS) is 16.3. The summed E-state index contributed by atoms with van der Waals surface area (Å²) in [6, 6.07) is 14.0. The van der Waals surface area contributed by atoms with Gasteiger partial charge in [-0.15, -0.1) is 0 Å². The predicted molar refractivity (Wildman–Crippen MR) is 111 cm³/mol. The first-order valence-electron chi connectivity index (χ1n) is 9.63. The molecule has 0 bridgehead atoms. The zero-order valence-electron chi connectivity index (χ0n) is 16.4. The maximum Gasteiger partial charge on any atom is 0.142 e. The van der Waals surface area contributed by atoms with Crippen molar-refractivity contribution >= 4 is 16.6 Å². The van der Waals surface area contributed by atoms with Crippen molar-refractivity contribution in [3.05, 3.63) is 54.2 Å². The Labute approximate surface area is 165 Å². The number of hydrogen-bond donors (Lipinski definition) is 2. The van der Waals surface area contributed by atoms with Gasteiger partial charge >= 0.3 is 0 Å². The van der Waals surface area contributed by atoms with E-state index in [2.05, 4.69) is 20.9 Å². The highest BCUT2D eigenvalue weighted by atomic mass is 16.5. The molecule has 28 heavy (non-hydrogen) atoms. The van der Waals surface area contributed by atoms with Crippen LogP contribution in [0.5, 0.6) is 11.5 Å². The minimum Gasteiger partial charge on any atom is -0.497 e. The average Bonchev–Trinajstić information content (AvgIpc) is 3.17. The number of methoxy groups -OCH3 is 2. The fourth-order valence-electron chi connectivity index (χ4n) is 3.93. The molecular weight excluding hydrogens is 354 g/mol. The van der Waals surface area contributed by atoms with Crippen LogP contribution < -0.4 is 14.4 Å². The molecule has 3 aromatic rings. The lowest BCUT2D eigenvalue weighted by molar-refractivity contribution is 0.110. The molecule has 1 saturated heterocycles. The van der Waals surface area contributed by atoms with Crippen LogP contribution in [0.4, 0.5) is 5.69 Å². The molecule has 4 rings (SSSR count). The molecule has 1 aromatic heterocycles. The number of hydrogen-bond acceptors (Lipinski definition) is 5. The maximum atomic E-state index is 10.9. The highest BCUT2D eigenvalue weighted by Gasteiger charge is 2.23. The SMILES string of the molecule is COc1ccc2[nH]cc([C@H](O)CN3CCN(c4ccccc4OC)CC3)c2c1. The second-order valence-corrected chi connectivity index (χ2v) is 7.13. The van der Waals surface area contributed by atoms with Crippen LogP contribution in [-0.2, 0) is 0 Å². The quantitative estimate of drug-likeness (QED) is 0.687. The van der Waals surface area contributed by atoms with Crippen molar-refractivity contribution in [1.29, 1.82) is 0 Å². The van der Waals surface area contributed by atoms with Gasteiger partial charge in [0.25, 0.3) is 0 Å². The Morgan fingerprint density at radius 2 is 1.82 bits per heavy atom. The number of para-hydroxylation sites is 2. The number of aliphatic hydroxyl groups is 1. The van der Waals surface area contributed by atoms with Gasteiger partial charge in [-0.2, -0.15) is 0 Å². The third-order valence-corrected chi connectivity index (χ3v) is 5.51. The first-order chi connectivity index (χ1) is 13.7. The Morgan fingerprint density at radius 3 is 2.57 bits per heavy atom. The number of nitrogens with zero attached hydrogens (tertiary/aromatic N) is 2. The van der Waals surface area contributed by atoms with Gasteiger partial charge in [0.2, 0.25) is 0 Å². The fourth-order valence-corrected chi connectivity index (χ4v) is 3.93. The lowest BCUT2D eigenvalue weighted by Crippen LogP contribution is -2.47. The second-order valence-electron chi connectivity index (χ2n) is 7.13. The van der Waals surface area contributed by atoms with E-state index in [1.165, 1.54) is 0 Å². The number of fused-ring (bicyclic) bond motifs is 1. The van der Waals surface area contributed by atoms with E-state index in [1.807, 2.05) is 42.6 Å². The largest absolute Gasteiger partial charge is 0.497 e. The molecular formula is C22H27N3O3. The molecule has 1 atom stereocenters. The van der Waals surface area contributed by atoms with Crippen molar-refractivity contribution in [3.8, 4) is 11.5 Å². The fraction of sp³-hybridized carbons (Fsp3) is 0.364. The number of aliphatic hydroxyl groups excluding tert-OH is 1. The molecule has 148 valence electrons. The van der Waals surface area contributed by atoms with Gasteiger partial charge in [0, 0.05) is 55.4 Å². The van der Waals surface area contributed by atoms with Crippen molar-refractivity contribution in [2.45, 2.75) is 6.10 Å². The Balaban J connectivity index is 1.41.